The number of hydrogen-bond acceptors (Lipinski definition) is 4. The minimum atomic E-state index is -1.01. The predicted molar refractivity (Wildman–Crippen MR) is 59.1 cm³/mol. The van der Waals surface area contributed by atoms with Crippen molar-refractivity contribution in [1.82, 2.24) is 19.7 Å². The topological polar surface area (TPSA) is 88.3 Å². The molecule has 0 aliphatic rings. The van der Waals surface area contributed by atoms with Crippen LogP contribution in [-0.2, 0) is 16.1 Å². The highest BCUT2D eigenvalue weighted by Crippen LogP contribution is 2.02. The normalized spacial score (nSPS) is 10.5. The minimum absolute atomic E-state index is 0.130. The van der Waals surface area contributed by atoms with Gasteiger partial charge < -0.3 is 10.0 Å². The van der Waals surface area contributed by atoms with Gasteiger partial charge in [-0.3, -0.25) is 14.3 Å². The van der Waals surface area contributed by atoms with Crippen molar-refractivity contribution in [1.29, 1.82) is 0 Å². The zero-order valence-electron chi connectivity index (χ0n) is 9.91. The third-order valence-electron chi connectivity index (χ3n) is 2.27. The maximum Gasteiger partial charge on any atom is 0.323 e. The van der Waals surface area contributed by atoms with Crippen LogP contribution in [0.1, 0.15) is 20.3 Å². The van der Waals surface area contributed by atoms with Crippen LogP contribution < -0.4 is 0 Å². The van der Waals surface area contributed by atoms with Crippen LogP contribution in [0.2, 0.25) is 0 Å². The van der Waals surface area contributed by atoms with Crippen LogP contribution in [0.15, 0.2) is 12.7 Å². The predicted octanol–water partition coefficient (Wildman–Crippen LogP) is -0.0102. The van der Waals surface area contributed by atoms with E-state index >= 15 is 0 Å². The number of rotatable bonds is 6. The number of carbonyl (C=O) groups is 2. The molecule has 7 heteroatoms. The molecule has 0 saturated carbocycles. The minimum Gasteiger partial charge on any atom is -0.480 e. The number of carbonyl (C=O) groups excluding carboxylic acids is 1. The fourth-order valence-electron chi connectivity index (χ4n) is 1.41. The highest BCUT2D eigenvalue weighted by Gasteiger charge is 2.19. The quantitative estimate of drug-likeness (QED) is 0.755. The molecule has 0 atom stereocenters. The zero-order valence-corrected chi connectivity index (χ0v) is 9.91. The average Bonchev–Trinajstić information content (AvgIpc) is 2.74. The van der Waals surface area contributed by atoms with E-state index in [1.54, 1.807) is 13.8 Å². The Bertz CT molecular complexity index is 375. The summed E-state index contributed by atoms with van der Waals surface area (Å²) in [5.41, 5.74) is 0. The van der Waals surface area contributed by atoms with E-state index in [9.17, 15) is 9.59 Å². The monoisotopic (exact) mass is 240 g/mol. The molecule has 0 radical (unpaired) electrons. The number of aryl methyl sites for hydroxylation is 1. The molecule has 94 valence electrons. The van der Waals surface area contributed by atoms with Crippen molar-refractivity contribution in [2.24, 2.45) is 0 Å². The molecule has 0 bridgehead atoms. The molecule has 17 heavy (non-hydrogen) atoms. The number of carboxylic acids is 1. The largest absolute Gasteiger partial charge is 0.480 e. The van der Waals surface area contributed by atoms with Gasteiger partial charge in [-0.1, -0.05) is 0 Å². The summed E-state index contributed by atoms with van der Waals surface area (Å²) in [5.74, 6) is -1.20. The Kier molecular flexibility index (Phi) is 4.62. The summed E-state index contributed by atoms with van der Waals surface area (Å²) in [6.07, 6.45) is 3.13. The van der Waals surface area contributed by atoms with E-state index in [2.05, 4.69) is 10.1 Å². The molecule has 0 fully saturated rings. The van der Waals surface area contributed by atoms with E-state index in [4.69, 9.17) is 5.11 Å². The number of nitrogens with zero attached hydrogens (tertiary/aromatic N) is 4. The first kappa shape index (κ1) is 13.1. The van der Waals surface area contributed by atoms with Crippen LogP contribution in [-0.4, -0.2) is 49.2 Å². The molecule has 0 saturated heterocycles. The third kappa shape index (κ3) is 4.21. The summed E-state index contributed by atoms with van der Waals surface area (Å²) < 4.78 is 1.54. The first-order valence-corrected chi connectivity index (χ1v) is 5.34. The van der Waals surface area contributed by atoms with Crippen molar-refractivity contribution in [3.63, 3.8) is 0 Å². The van der Waals surface area contributed by atoms with Gasteiger partial charge in [0.15, 0.2) is 0 Å². The van der Waals surface area contributed by atoms with Crippen LogP contribution in [0.3, 0.4) is 0 Å². The van der Waals surface area contributed by atoms with Crippen molar-refractivity contribution in [2.75, 3.05) is 6.54 Å². The zero-order chi connectivity index (χ0) is 12.8. The van der Waals surface area contributed by atoms with Gasteiger partial charge in [-0.2, -0.15) is 5.10 Å². The van der Waals surface area contributed by atoms with Crippen LogP contribution in [0, 0.1) is 0 Å². The second-order valence-electron chi connectivity index (χ2n) is 3.92. The second kappa shape index (κ2) is 5.97. The second-order valence-corrected chi connectivity index (χ2v) is 3.92. The van der Waals surface area contributed by atoms with E-state index in [-0.39, 0.29) is 24.9 Å². The lowest BCUT2D eigenvalue weighted by atomic mass is 10.2. The van der Waals surface area contributed by atoms with Gasteiger partial charge in [-0.05, 0) is 13.8 Å². The molecular weight excluding hydrogens is 224 g/mol. The molecule has 0 unspecified atom stereocenters. The molecule has 1 N–H and O–H groups in total. The van der Waals surface area contributed by atoms with Crippen molar-refractivity contribution < 1.29 is 14.7 Å². The van der Waals surface area contributed by atoms with Gasteiger partial charge in [0.1, 0.15) is 19.2 Å². The van der Waals surface area contributed by atoms with Gasteiger partial charge in [0.2, 0.25) is 5.91 Å². The van der Waals surface area contributed by atoms with Crippen molar-refractivity contribution in [3.8, 4) is 0 Å². The van der Waals surface area contributed by atoms with Crippen LogP contribution in [0.4, 0.5) is 0 Å². The number of amides is 1. The van der Waals surface area contributed by atoms with E-state index in [0.717, 1.165) is 0 Å². The molecule has 7 nitrogen and oxygen atoms in total. The van der Waals surface area contributed by atoms with Gasteiger partial charge in [-0.15, -0.1) is 0 Å². The van der Waals surface area contributed by atoms with Gasteiger partial charge in [0.25, 0.3) is 0 Å². The molecule has 1 amide bonds. The standard InChI is InChI=1S/C10H16N4O3/c1-8(2)14(5-10(16)17)9(15)3-4-13-7-11-6-12-13/h6-8H,3-5H2,1-2H3,(H,16,17). The van der Waals surface area contributed by atoms with E-state index in [0.29, 0.717) is 6.54 Å². The fourth-order valence-corrected chi connectivity index (χ4v) is 1.41. The third-order valence-corrected chi connectivity index (χ3v) is 2.27. The molecule has 0 aromatic carbocycles. The Morgan fingerprint density at radius 2 is 2.18 bits per heavy atom. The lowest BCUT2D eigenvalue weighted by Gasteiger charge is -2.24. The first-order chi connectivity index (χ1) is 8.00. The van der Waals surface area contributed by atoms with Crippen molar-refractivity contribution >= 4 is 11.9 Å². The lowest BCUT2D eigenvalue weighted by molar-refractivity contribution is -0.145. The highest BCUT2D eigenvalue weighted by atomic mass is 16.4. The Hall–Kier alpha value is -1.92. The summed E-state index contributed by atoms with van der Waals surface area (Å²) in [4.78, 5) is 27.5. The smallest absolute Gasteiger partial charge is 0.323 e. The molecule has 1 heterocycles. The lowest BCUT2D eigenvalue weighted by Crippen LogP contribution is -2.41. The Labute approximate surface area is 99.1 Å². The van der Waals surface area contributed by atoms with Gasteiger partial charge >= 0.3 is 5.97 Å². The molecular formula is C10H16N4O3. The van der Waals surface area contributed by atoms with Gasteiger partial charge in [0, 0.05) is 12.5 Å². The highest BCUT2D eigenvalue weighted by molar-refractivity contribution is 5.81. The summed E-state index contributed by atoms with van der Waals surface area (Å²) >= 11 is 0. The SMILES string of the molecule is CC(C)N(CC(=O)O)C(=O)CCn1cncn1. The summed E-state index contributed by atoms with van der Waals surface area (Å²) in [5, 5.41) is 12.6. The van der Waals surface area contributed by atoms with Crippen LogP contribution in [0.5, 0.6) is 0 Å². The average molecular weight is 240 g/mol. The molecule has 1 aromatic rings. The molecule has 0 aliphatic heterocycles. The maximum absolute atomic E-state index is 11.8. The number of carboxylic acid groups (broad SMARTS) is 1. The fraction of sp³-hybridized carbons (Fsp3) is 0.600. The van der Waals surface area contributed by atoms with E-state index < -0.39 is 5.97 Å². The summed E-state index contributed by atoms with van der Waals surface area (Å²) in [6.45, 7) is 3.71. The maximum atomic E-state index is 11.8. The molecule has 1 aromatic heterocycles. The van der Waals surface area contributed by atoms with E-state index in [1.807, 2.05) is 0 Å². The van der Waals surface area contributed by atoms with Crippen LogP contribution >= 0.6 is 0 Å². The Morgan fingerprint density at radius 3 is 2.65 bits per heavy atom. The number of aliphatic carboxylic acids is 1. The van der Waals surface area contributed by atoms with Gasteiger partial charge in [0.05, 0.1) is 6.54 Å². The molecule has 1 rings (SSSR count). The summed E-state index contributed by atoms with van der Waals surface area (Å²) in [6, 6.07) is -0.130. The Morgan fingerprint density at radius 1 is 1.47 bits per heavy atom. The molecule has 0 aliphatic carbocycles. The van der Waals surface area contributed by atoms with Crippen molar-refractivity contribution in [2.45, 2.75) is 32.9 Å². The molecule has 0 spiro atoms. The van der Waals surface area contributed by atoms with Gasteiger partial charge in [-0.25, -0.2) is 4.98 Å². The number of hydrogen-bond donors (Lipinski definition) is 1. The summed E-state index contributed by atoms with van der Waals surface area (Å²) in [7, 11) is 0. The number of aromatic nitrogens is 3. The van der Waals surface area contributed by atoms with Crippen molar-refractivity contribution in [3.05, 3.63) is 12.7 Å². The Balaban J connectivity index is 2.50. The van der Waals surface area contributed by atoms with Crippen LogP contribution in [0.25, 0.3) is 0 Å². The van der Waals surface area contributed by atoms with E-state index in [1.165, 1.54) is 22.2 Å². The first-order valence-electron chi connectivity index (χ1n) is 5.34.